The fraction of sp³-hybridized carbons (Fsp3) is 0.316. The molecule has 0 bridgehead atoms. The predicted octanol–water partition coefficient (Wildman–Crippen LogP) is 4.17. The summed E-state index contributed by atoms with van der Waals surface area (Å²) in [7, 11) is -8.22. The molecule has 2 rings (SSSR count). The molecule has 0 spiro atoms. The van der Waals surface area contributed by atoms with E-state index in [-0.39, 0.29) is 27.8 Å². The maximum Gasteiger partial charge on any atom is 0.416 e. The maximum atomic E-state index is 13.5. The molecule has 0 fully saturated rings. The molecule has 33 heavy (non-hydrogen) atoms. The molecule has 0 atom stereocenters. The highest BCUT2D eigenvalue weighted by Crippen LogP contribution is 2.36. The fourth-order valence-electron chi connectivity index (χ4n) is 2.93. The van der Waals surface area contributed by atoms with E-state index in [0.717, 1.165) is 6.07 Å². The number of nitrogens with one attached hydrogen (secondary N) is 1. The lowest BCUT2D eigenvalue weighted by Crippen LogP contribution is -2.25. The molecule has 0 aliphatic carbocycles. The van der Waals surface area contributed by atoms with E-state index in [4.69, 9.17) is 27.8 Å². The van der Waals surface area contributed by atoms with Gasteiger partial charge in [-0.25, -0.2) is 8.42 Å². The Kier molecular flexibility index (Phi) is 8.45. The Morgan fingerprint density at radius 2 is 1.73 bits per heavy atom. The first-order valence-corrected chi connectivity index (χ1v) is 13.2. The van der Waals surface area contributed by atoms with Crippen molar-refractivity contribution < 1.29 is 39.4 Å². The topological polar surface area (TPSA) is 118 Å². The first-order chi connectivity index (χ1) is 15.0. The molecule has 0 aliphatic heterocycles. The molecule has 14 heteroatoms. The van der Waals surface area contributed by atoms with Crippen molar-refractivity contribution in [3.8, 4) is 0 Å². The molecule has 2 aromatic rings. The van der Waals surface area contributed by atoms with Crippen molar-refractivity contribution in [2.24, 2.45) is 0 Å². The number of carbonyl (C=O) groups excluding carboxylic acids is 1. The summed E-state index contributed by atoms with van der Waals surface area (Å²) in [5, 5.41) is 2.01. The van der Waals surface area contributed by atoms with Gasteiger partial charge in [0.2, 0.25) is 0 Å². The summed E-state index contributed by atoms with van der Waals surface area (Å²) in [4.78, 5) is 12.5. The van der Waals surface area contributed by atoms with Crippen LogP contribution >= 0.6 is 23.2 Å². The van der Waals surface area contributed by atoms with Crippen molar-refractivity contribution in [1.82, 2.24) is 5.32 Å². The van der Waals surface area contributed by atoms with Gasteiger partial charge < -0.3 is 5.32 Å². The number of hydrogen-bond donors (Lipinski definition) is 2. The van der Waals surface area contributed by atoms with Crippen LogP contribution in [0.1, 0.15) is 34.0 Å². The smallest absolute Gasteiger partial charge is 0.348 e. The van der Waals surface area contributed by atoms with Gasteiger partial charge in [-0.15, -0.1) is 0 Å². The van der Waals surface area contributed by atoms with Gasteiger partial charge >= 0.3 is 6.18 Å². The van der Waals surface area contributed by atoms with E-state index >= 15 is 0 Å². The summed E-state index contributed by atoms with van der Waals surface area (Å²) in [6.45, 7) is 1.08. The van der Waals surface area contributed by atoms with Gasteiger partial charge in [-0.05, 0) is 47.9 Å². The zero-order valence-electron chi connectivity index (χ0n) is 16.9. The minimum absolute atomic E-state index is 0.0794. The van der Waals surface area contributed by atoms with Crippen LogP contribution in [0, 0.1) is 0 Å². The van der Waals surface area contributed by atoms with Gasteiger partial charge in [0, 0.05) is 22.2 Å². The number of amides is 1. The Balaban J connectivity index is 2.38. The molecule has 7 nitrogen and oxygen atoms in total. The van der Waals surface area contributed by atoms with Gasteiger partial charge in [-0.3, -0.25) is 9.35 Å². The first-order valence-electron chi connectivity index (χ1n) is 9.19. The van der Waals surface area contributed by atoms with E-state index in [1.165, 1.54) is 25.1 Å². The summed E-state index contributed by atoms with van der Waals surface area (Å²) in [6, 6.07) is 5.37. The molecule has 2 aromatic carbocycles. The van der Waals surface area contributed by atoms with Crippen LogP contribution in [-0.4, -0.2) is 38.8 Å². The lowest BCUT2D eigenvalue weighted by Gasteiger charge is -2.16. The fourth-order valence-corrected chi connectivity index (χ4v) is 5.02. The monoisotopic (exact) mass is 547 g/mol. The van der Waals surface area contributed by atoms with Crippen molar-refractivity contribution in [2.75, 3.05) is 11.5 Å². The number of halogens is 5. The van der Waals surface area contributed by atoms with Gasteiger partial charge in [-0.1, -0.05) is 30.1 Å². The number of alkyl halides is 3. The van der Waals surface area contributed by atoms with Crippen LogP contribution in [0.15, 0.2) is 35.2 Å². The van der Waals surface area contributed by atoms with Gasteiger partial charge in [0.25, 0.3) is 16.0 Å². The van der Waals surface area contributed by atoms with Crippen LogP contribution in [-0.2, 0) is 39.1 Å². The number of rotatable bonds is 8. The molecule has 0 aliphatic rings. The highest BCUT2D eigenvalue weighted by atomic mass is 35.5. The lowest BCUT2D eigenvalue weighted by molar-refractivity contribution is -0.138. The maximum absolute atomic E-state index is 13.5. The minimum atomic E-state index is -4.97. The van der Waals surface area contributed by atoms with E-state index in [1.54, 1.807) is 0 Å². The van der Waals surface area contributed by atoms with Crippen molar-refractivity contribution in [2.45, 2.75) is 31.0 Å². The molecule has 0 saturated carbocycles. The summed E-state index contributed by atoms with van der Waals surface area (Å²) in [5.41, 5.74) is -2.26. The molecule has 0 unspecified atom stereocenters. The van der Waals surface area contributed by atoms with E-state index in [9.17, 15) is 34.8 Å². The highest BCUT2D eigenvalue weighted by molar-refractivity contribution is 7.91. The Labute approximate surface area is 198 Å². The molecule has 0 aromatic heterocycles. The number of hydrogen-bond acceptors (Lipinski definition) is 5. The van der Waals surface area contributed by atoms with Crippen LogP contribution in [0.4, 0.5) is 13.2 Å². The second-order valence-corrected chi connectivity index (χ2v) is 11.5. The van der Waals surface area contributed by atoms with Crippen molar-refractivity contribution in [3.63, 3.8) is 0 Å². The standard InChI is InChI=1S/C19H18Cl2F3NO6S2/c1-2-32(27,28)17-4-3-13(20)7-12(17)10-25-18(26)11-8-15(19(22,23)24)14(16(21)9-11)5-6-33(29,30)31/h3-4,7-9H,2,5-6,10H2,1H3,(H,25,26)(H,29,30,31). The zero-order valence-corrected chi connectivity index (χ0v) is 20.1. The summed E-state index contributed by atoms with van der Waals surface area (Å²) in [6.07, 6.45) is -5.70. The second-order valence-electron chi connectivity index (χ2n) is 6.86. The van der Waals surface area contributed by atoms with Crippen LogP contribution in [0.25, 0.3) is 0 Å². The van der Waals surface area contributed by atoms with Crippen LogP contribution < -0.4 is 5.32 Å². The van der Waals surface area contributed by atoms with Crippen LogP contribution in [0.3, 0.4) is 0 Å². The van der Waals surface area contributed by atoms with Gasteiger partial charge in [0.1, 0.15) is 0 Å². The van der Waals surface area contributed by atoms with E-state index in [2.05, 4.69) is 5.32 Å². The quantitative estimate of drug-likeness (QED) is 0.479. The van der Waals surface area contributed by atoms with Gasteiger partial charge in [-0.2, -0.15) is 21.6 Å². The molecule has 1 amide bonds. The van der Waals surface area contributed by atoms with Gasteiger partial charge in [0.15, 0.2) is 9.84 Å². The normalized spacial score (nSPS) is 12.6. The number of sulfone groups is 1. The van der Waals surface area contributed by atoms with Crippen LogP contribution in [0.5, 0.6) is 0 Å². The highest BCUT2D eigenvalue weighted by Gasteiger charge is 2.35. The molecule has 0 heterocycles. The Morgan fingerprint density at radius 1 is 1.09 bits per heavy atom. The van der Waals surface area contributed by atoms with E-state index < -0.39 is 65.9 Å². The summed E-state index contributed by atoms with van der Waals surface area (Å²) in [5.74, 6) is -2.20. The summed E-state index contributed by atoms with van der Waals surface area (Å²) < 4.78 is 95.8. The Bertz CT molecular complexity index is 1280. The third-order valence-corrected chi connectivity index (χ3v) is 7.67. The third-order valence-electron chi connectivity index (χ3n) is 4.55. The first kappa shape index (κ1) is 27.4. The van der Waals surface area contributed by atoms with E-state index in [1.807, 2.05) is 0 Å². The summed E-state index contributed by atoms with van der Waals surface area (Å²) >= 11 is 11.8. The average molecular weight is 548 g/mol. The Hall–Kier alpha value is -1.86. The van der Waals surface area contributed by atoms with Crippen molar-refractivity contribution >= 4 is 49.1 Å². The largest absolute Gasteiger partial charge is 0.416 e. The number of carbonyl (C=O) groups is 1. The van der Waals surface area contributed by atoms with Crippen LogP contribution in [0.2, 0.25) is 10.0 Å². The van der Waals surface area contributed by atoms with Crippen molar-refractivity contribution in [3.05, 3.63) is 62.6 Å². The minimum Gasteiger partial charge on any atom is -0.348 e. The molecule has 182 valence electrons. The molecule has 0 radical (unpaired) electrons. The average Bonchev–Trinajstić information content (AvgIpc) is 2.69. The second kappa shape index (κ2) is 10.2. The predicted molar refractivity (Wildman–Crippen MR) is 117 cm³/mol. The van der Waals surface area contributed by atoms with E-state index in [0.29, 0.717) is 6.07 Å². The third kappa shape index (κ3) is 7.31. The molecule has 0 saturated heterocycles. The molecule has 2 N–H and O–H groups in total. The molecular formula is C19H18Cl2F3NO6S2. The zero-order chi connectivity index (χ0) is 25.2. The van der Waals surface area contributed by atoms with Crippen molar-refractivity contribution in [1.29, 1.82) is 0 Å². The van der Waals surface area contributed by atoms with Gasteiger partial charge in [0.05, 0.1) is 22.0 Å². The Morgan fingerprint density at radius 3 is 2.27 bits per heavy atom. The molecular weight excluding hydrogens is 530 g/mol. The SMILES string of the molecule is CCS(=O)(=O)c1ccc(Cl)cc1CNC(=O)c1cc(Cl)c(CCS(=O)(=O)O)c(C(F)(F)F)c1. The number of benzene rings is 2. The lowest BCUT2D eigenvalue weighted by atomic mass is 10.0.